The van der Waals surface area contributed by atoms with E-state index in [1.807, 2.05) is 0 Å². The van der Waals surface area contributed by atoms with Crippen LogP contribution in [0, 0.1) is 18.8 Å². The number of amides is 1. The summed E-state index contributed by atoms with van der Waals surface area (Å²) in [7, 11) is -6.94. The maximum atomic E-state index is 13.8. The average Bonchev–Trinajstić information content (AvgIpc) is 3.89. The molecule has 0 saturated carbocycles. The van der Waals surface area contributed by atoms with E-state index in [2.05, 4.69) is 35.2 Å². The zero-order valence-corrected chi connectivity index (χ0v) is 30.5. The van der Waals surface area contributed by atoms with Crippen molar-refractivity contribution in [3.63, 3.8) is 0 Å². The van der Waals surface area contributed by atoms with Gasteiger partial charge in [0.15, 0.2) is 40.5 Å². The Balaban J connectivity index is 1.05. The monoisotopic (exact) mass is 772 g/mol. The van der Waals surface area contributed by atoms with Crippen LogP contribution in [0.1, 0.15) is 42.5 Å². The number of ether oxygens (including phenoxy) is 2. The summed E-state index contributed by atoms with van der Waals surface area (Å²) in [6.07, 6.45) is -1.38. The van der Waals surface area contributed by atoms with Gasteiger partial charge >= 0.3 is 15.9 Å². The highest BCUT2D eigenvalue weighted by Gasteiger charge is 2.51. The van der Waals surface area contributed by atoms with E-state index in [4.69, 9.17) is 23.0 Å². The van der Waals surface area contributed by atoms with E-state index < -0.39 is 76.7 Å². The first kappa shape index (κ1) is 37.0. The van der Waals surface area contributed by atoms with Gasteiger partial charge in [-0.3, -0.25) is 23.3 Å². The minimum atomic E-state index is -3.89. The summed E-state index contributed by atoms with van der Waals surface area (Å²) in [6, 6.07) is 8.63. The summed E-state index contributed by atoms with van der Waals surface area (Å²) in [4.78, 5) is 58.9. The van der Waals surface area contributed by atoms with E-state index in [9.17, 15) is 28.7 Å². The van der Waals surface area contributed by atoms with Crippen molar-refractivity contribution in [1.82, 2.24) is 39.0 Å². The Hall–Kier alpha value is -4.36. The second-order valence-corrected chi connectivity index (χ2v) is 15.5. The van der Waals surface area contributed by atoms with Crippen LogP contribution >= 0.6 is 15.9 Å². The van der Waals surface area contributed by atoms with Crippen LogP contribution in [-0.4, -0.2) is 99.2 Å². The average molecular weight is 773 g/mol. The number of aliphatic hydroxyl groups excluding tert-OH is 1. The summed E-state index contributed by atoms with van der Waals surface area (Å²) < 4.78 is 58.3. The van der Waals surface area contributed by atoms with Gasteiger partial charge < -0.3 is 33.9 Å². The molecule has 6 heterocycles. The Bertz CT molecular complexity index is 2270. The molecule has 1 aromatic carbocycles. The first-order valence-electron chi connectivity index (χ1n) is 16.5. The smallest absolute Gasteiger partial charge is 0.394 e. The molecule has 2 saturated heterocycles. The van der Waals surface area contributed by atoms with Crippen LogP contribution in [0.4, 0.5) is 5.82 Å². The molecule has 0 aliphatic carbocycles. The predicted octanol–water partition coefficient (Wildman–Crippen LogP) is 2.84. The van der Waals surface area contributed by atoms with Crippen molar-refractivity contribution < 1.29 is 47.0 Å². The minimum absolute atomic E-state index is 0.0428. The number of aromatic amines is 1. The van der Waals surface area contributed by atoms with Crippen LogP contribution in [-0.2, 0) is 32.2 Å². The maximum absolute atomic E-state index is 13.8. The number of aliphatic hydroxyl groups is 1. The number of nitrogens with zero attached hydrogens (tertiary/aromatic N) is 7. The molecule has 22 heteroatoms. The number of hydrogen-bond acceptors (Lipinski definition) is 15. The zero-order valence-electron chi connectivity index (χ0n) is 28.7. The van der Waals surface area contributed by atoms with Crippen molar-refractivity contribution >= 4 is 49.9 Å². The predicted molar refractivity (Wildman–Crippen MR) is 185 cm³/mol. The maximum Gasteiger partial charge on any atom is 0.695 e. The molecule has 4 unspecified atom stereocenters. The fraction of sp³-hybridized carbons (Fsp3) is 0.452. The van der Waals surface area contributed by atoms with E-state index >= 15 is 0 Å². The molecular weight excluding hydrogens is 736 g/mol. The van der Waals surface area contributed by atoms with Gasteiger partial charge in [-0.05, 0) is 19.1 Å². The van der Waals surface area contributed by atoms with Gasteiger partial charge in [-0.15, -0.1) is 9.42 Å². The van der Waals surface area contributed by atoms with Gasteiger partial charge in [0, 0.05) is 28.6 Å². The van der Waals surface area contributed by atoms with Crippen LogP contribution in [0.25, 0.3) is 22.3 Å². The van der Waals surface area contributed by atoms with Crippen LogP contribution in [0.15, 0.2) is 54.1 Å². The number of anilines is 1. The zero-order chi connectivity index (χ0) is 37.6. The molecule has 20 nitrogen and oxygen atoms in total. The molecule has 53 heavy (non-hydrogen) atoms. The first-order chi connectivity index (χ1) is 25.3. The highest BCUT2D eigenvalue weighted by Crippen LogP contribution is 2.52. The van der Waals surface area contributed by atoms with Gasteiger partial charge in [0.05, 0.1) is 32.0 Å². The Morgan fingerprint density at radius 1 is 1.00 bits per heavy atom. The molecule has 2 aliphatic heterocycles. The Morgan fingerprint density at radius 2 is 1.70 bits per heavy atom. The highest BCUT2D eigenvalue weighted by atomic mass is 31.2. The molecule has 4 aromatic heterocycles. The summed E-state index contributed by atoms with van der Waals surface area (Å²) in [5, 5.41) is 13.0. The summed E-state index contributed by atoms with van der Waals surface area (Å²) >= 11 is 0. The second-order valence-electron chi connectivity index (χ2n) is 12.8. The lowest BCUT2D eigenvalue weighted by atomic mass is 10.0. The van der Waals surface area contributed by atoms with Crippen molar-refractivity contribution in [3.8, 4) is 0 Å². The van der Waals surface area contributed by atoms with Gasteiger partial charge in [0.25, 0.3) is 11.5 Å². The van der Waals surface area contributed by atoms with Gasteiger partial charge in [0.2, 0.25) is 0 Å². The molecule has 7 rings (SSSR count). The number of carbonyl (C=O) groups excluding carboxylic acids is 1. The first-order valence-corrected chi connectivity index (χ1v) is 19.6. The molecule has 2 fully saturated rings. The Morgan fingerprint density at radius 3 is 2.42 bits per heavy atom. The Labute approximate surface area is 301 Å². The number of aryl methyl sites for hydroxylation is 1. The van der Waals surface area contributed by atoms with E-state index in [0.717, 1.165) is 0 Å². The SMILES string of the molecule is Cc1nc2c(ncn2[C@@H]2O[C@H](COP(C)(=O)O[C@@H]3C(C)[C@H](n4cnc5c(NC(=O)c6ccccc6)ncnc54)O[C@@H]3CO)[C@H](C)C2O[P+](=O)O)c(=O)[nH]1. The summed E-state index contributed by atoms with van der Waals surface area (Å²) in [5.41, 5.74) is 0.844. The quantitative estimate of drug-likeness (QED) is 0.133. The lowest BCUT2D eigenvalue weighted by Gasteiger charge is -2.26. The van der Waals surface area contributed by atoms with Crippen LogP contribution < -0.4 is 10.9 Å². The number of benzene rings is 1. The third-order valence-electron chi connectivity index (χ3n) is 9.25. The lowest BCUT2D eigenvalue weighted by molar-refractivity contribution is -0.0498. The second kappa shape index (κ2) is 14.8. The molecule has 4 N–H and O–H groups in total. The van der Waals surface area contributed by atoms with E-state index in [1.54, 1.807) is 55.7 Å². The summed E-state index contributed by atoms with van der Waals surface area (Å²) in [5.74, 6) is -0.954. The lowest BCUT2D eigenvalue weighted by Crippen LogP contribution is -2.31. The molecule has 0 spiro atoms. The highest BCUT2D eigenvalue weighted by molar-refractivity contribution is 7.53. The minimum Gasteiger partial charge on any atom is -0.394 e. The molecule has 2 aliphatic rings. The van der Waals surface area contributed by atoms with Crippen molar-refractivity contribution in [2.75, 3.05) is 25.2 Å². The fourth-order valence-electron chi connectivity index (χ4n) is 6.61. The molecule has 0 bridgehead atoms. The van der Waals surface area contributed by atoms with E-state index in [-0.39, 0.29) is 29.5 Å². The number of nitrogens with one attached hydrogen (secondary N) is 2. The molecule has 1 amide bonds. The van der Waals surface area contributed by atoms with Gasteiger partial charge in [-0.1, -0.05) is 32.0 Å². The number of carbonyl (C=O) groups is 1. The topological polar surface area (TPSA) is 257 Å². The Kier molecular flexibility index (Phi) is 10.3. The largest absolute Gasteiger partial charge is 0.695 e. The standard InChI is InChI=1S/C31H35N9O11P2/c1-15-20(49-31(24(15)50-52(44)45)40-14-35-22-27(40)36-17(3)37-29(22)43)11-47-53(4,46)51-23-16(2)30(48-19(23)10-41)39-13-34-21-25(32-12-33-26(21)39)38-28(42)18-8-6-5-7-9-18/h5-9,12-16,19-20,23-24,30-31,41H,10-11H2,1-4H3,(H2-,32,33,36,37,38,42,43,44,45)/p+1/t15-,16?,19+,20+,23+,24?,30+,31+,53?/m0/s1. The third kappa shape index (κ3) is 7.29. The van der Waals surface area contributed by atoms with Crippen LogP contribution in [0.2, 0.25) is 0 Å². The molecule has 280 valence electrons. The summed E-state index contributed by atoms with van der Waals surface area (Å²) in [6.45, 7) is 5.63. The molecular formula is C31H36N9O11P2+. The molecule has 5 aromatic rings. The number of hydrogen-bond donors (Lipinski definition) is 4. The molecule has 10 atom stereocenters. The van der Waals surface area contributed by atoms with E-state index in [1.165, 1.54) is 30.2 Å². The van der Waals surface area contributed by atoms with Crippen molar-refractivity contribution in [2.24, 2.45) is 11.8 Å². The van der Waals surface area contributed by atoms with Gasteiger partial charge in [0.1, 0.15) is 30.6 Å². The van der Waals surface area contributed by atoms with Crippen molar-refractivity contribution in [3.05, 3.63) is 71.1 Å². The number of H-pyrrole nitrogens is 1. The number of aromatic nitrogens is 8. The van der Waals surface area contributed by atoms with Crippen molar-refractivity contribution in [2.45, 2.75) is 57.6 Å². The van der Waals surface area contributed by atoms with Crippen molar-refractivity contribution in [1.29, 1.82) is 0 Å². The third-order valence-corrected chi connectivity index (χ3v) is 10.9. The van der Waals surface area contributed by atoms with E-state index in [0.29, 0.717) is 22.6 Å². The number of rotatable bonds is 12. The van der Waals surface area contributed by atoms with Crippen LogP contribution in [0.3, 0.4) is 0 Å². The molecule has 0 radical (unpaired) electrons. The number of fused-ring (bicyclic) bond motifs is 2. The number of imidazole rings is 2. The fourth-order valence-corrected chi connectivity index (χ4v) is 8.36. The van der Waals surface area contributed by atoms with Crippen LogP contribution in [0.5, 0.6) is 0 Å². The normalized spacial score (nSPS) is 27.3. The van der Waals surface area contributed by atoms with Gasteiger partial charge in [-0.25, -0.2) is 24.9 Å². The van der Waals surface area contributed by atoms with Gasteiger partial charge in [-0.2, -0.15) is 0 Å².